The number of amides is 2. The number of nitrogens with zero attached hydrogens (tertiary/aromatic N) is 5. The van der Waals surface area contributed by atoms with Crippen molar-refractivity contribution in [2.24, 2.45) is 10.3 Å². The second-order valence-electron chi connectivity index (χ2n) is 8.33. The Hall–Kier alpha value is -4.58. The van der Waals surface area contributed by atoms with Gasteiger partial charge in [-0.2, -0.15) is 10.4 Å². The molecule has 0 aliphatic carbocycles. The van der Waals surface area contributed by atoms with Crippen molar-refractivity contribution < 1.29 is 9.59 Å². The first kappa shape index (κ1) is 24.5. The summed E-state index contributed by atoms with van der Waals surface area (Å²) in [6.07, 6.45) is 0.902. The van der Waals surface area contributed by atoms with E-state index >= 15 is 0 Å². The third-order valence-corrected chi connectivity index (χ3v) is 5.85. The largest absolute Gasteiger partial charge is 0.349 e. The van der Waals surface area contributed by atoms with Gasteiger partial charge in [0.15, 0.2) is 6.04 Å². The van der Waals surface area contributed by atoms with Crippen molar-refractivity contribution in [2.75, 3.05) is 19.6 Å². The minimum atomic E-state index is -0.758. The minimum absolute atomic E-state index is 0.274. The molecule has 1 aromatic heterocycles. The monoisotopic (exact) mass is 481 g/mol. The molecule has 0 fully saturated rings. The van der Waals surface area contributed by atoms with Crippen molar-refractivity contribution in [1.29, 1.82) is 5.26 Å². The number of aromatic nitrogens is 1. The highest BCUT2D eigenvalue weighted by Crippen LogP contribution is 2.17. The molecule has 2 heterocycles. The summed E-state index contributed by atoms with van der Waals surface area (Å²) in [5.41, 5.74) is 3.87. The third-order valence-electron chi connectivity index (χ3n) is 5.85. The first-order valence-electron chi connectivity index (χ1n) is 11.8. The number of pyridine rings is 1. The molecular formula is C27H27N7O2. The predicted octanol–water partition coefficient (Wildman–Crippen LogP) is 3.47. The summed E-state index contributed by atoms with van der Waals surface area (Å²) in [5.74, 6) is -0.650. The molecule has 2 N–H and O–H groups in total. The van der Waals surface area contributed by atoms with E-state index in [0.717, 1.165) is 28.8 Å². The van der Waals surface area contributed by atoms with Crippen LogP contribution in [-0.4, -0.2) is 47.5 Å². The number of hydrogen-bond acceptors (Lipinski definition) is 7. The molecule has 1 aliphatic heterocycles. The van der Waals surface area contributed by atoms with Crippen molar-refractivity contribution in [3.63, 3.8) is 0 Å². The van der Waals surface area contributed by atoms with E-state index in [1.54, 1.807) is 17.1 Å². The van der Waals surface area contributed by atoms with Crippen LogP contribution in [0.2, 0.25) is 0 Å². The van der Waals surface area contributed by atoms with Crippen LogP contribution in [-0.2, 0) is 11.2 Å². The molecule has 2 aromatic carbocycles. The molecule has 9 nitrogen and oxygen atoms in total. The van der Waals surface area contributed by atoms with Crippen LogP contribution in [0.15, 0.2) is 83.1 Å². The molecule has 0 saturated carbocycles. The molecule has 0 spiro atoms. The molecule has 2 unspecified atom stereocenters. The molecule has 1 aliphatic rings. The Bertz CT molecular complexity index is 1270. The van der Waals surface area contributed by atoms with E-state index in [0.29, 0.717) is 18.8 Å². The normalized spacial score (nSPS) is 15.2. The van der Waals surface area contributed by atoms with Crippen molar-refractivity contribution in [1.82, 2.24) is 20.6 Å². The van der Waals surface area contributed by atoms with E-state index in [1.165, 1.54) is 0 Å². The zero-order chi connectivity index (χ0) is 25.3. The minimum Gasteiger partial charge on any atom is -0.349 e. The van der Waals surface area contributed by atoms with Gasteiger partial charge >= 0.3 is 0 Å². The first-order valence-corrected chi connectivity index (χ1v) is 11.8. The fourth-order valence-electron chi connectivity index (χ4n) is 3.77. The van der Waals surface area contributed by atoms with Gasteiger partial charge in [0.1, 0.15) is 11.7 Å². The maximum Gasteiger partial charge on any atom is 0.269 e. The van der Waals surface area contributed by atoms with Crippen LogP contribution in [0, 0.1) is 11.3 Å². The molecule has 9 heteroatoms. The van der Waals surface area contributed by atoms with Crippen LogP contribution < -0.4 is 10.6 Å². The first-order chi connectivity index (χ1) is 17.6. The summed E-state index contributed by atoms with van der Waals surface area (Å²) in [6, 6.07) is 23.2. The van der Waals surface area contributed by atoms with Crippen LogP contribution in [0.1, 0.15) is 34.6 Å². The summed E-state index contributed by atoms with van der Waals surface area (Å²) in [5, 5.41) is 24.8. The Morgan fingerprint density at radius 2 is 1.86 bits per heavy atom. The van der Waals surface area contributed by atoms with E-state index in [1.807, 2.05) is 60.7 Å². The standard InChI is InChI=1S/C27H27N7O2/c1-2-19-11-13-21(14-12-19)24(17-28)31-27(36)25-18-34(33-32-25)16-15-29-26(35)23-10-6-9-22(30-23)20-7-4-3-5-8-20/h3-14,24-25H,2,15-16,18H2,1H3,(H,29,35)(H,31,36). The fourth-order valence-corrected chi connectivity index (χ4v) is 3.77. The summed E-state index contributed by atoms with van der Waals surface area (Å²) in [6.45, 7) is 3.03. The van der Waals surface area contributed by atoms with E-state index in [2.05, 4.69) is 38.9 Å². The van der Waals surface area contributed by atoms with Crippen LogP contribution >= 0.6 is 0 Å². The van der Waals surface area contributed by atoms with E-state index in [-0.39, 0.29) is 18.4 Å². The van der Waals surface area contributed by atoms with Crippen molar-refractivity contribution >= 4 is 11.8 Å². The number of carbonyl (C=O) groups is 2. The van der Waals surface area contributed by atoms with Gasteiger partial charge in [0, 0.05) is 12.1 Å². The molecule has 4 rings (SSSR count). The number of carbonyl (C=O) groups excluding carboxylic acids is 2. The molecule has 182 valence electrons. The second-order valence-corrected chi connectivity index (χ2v) is 8.33. The van der Waals surface area contributed by atoms with Gasteiger partial charge in [0.25, 0.3) is 5.91 Å². The summed E-state index contributed by atoms with van der Waals surface area (Å²) in [4.78, 5) is 29.7. The number of hydrogen-bond donors (Lipinski definition) is 2. The average Bonchev–Trinajstić information content (AvgIpc) is 3.41. The van der Waals surface area contributed by atoms with Crippen molar-refractivity contribution in [2.45, 2.75) is 25.4 Å². The Kier molecular flexibility index (Phi) is 7.98. The highest BCUT2D eigenvalue weighted by atomic mass is 16.2. The molecule has 2 amide bonds. The lowest BCUT2D eigenvalue weighted by Crippen LogP contribution is -2.40. The SMILES string of the molecule is CCc1ccc(C(C#N)NC(=O)C2CN(CCNC(=O)c3cccc(-c4ccccc4)n3)N=N2)cc1. The molecule has 0 radical (unpaired) electrons. The molecule has 2 atom stereocenters. The third kappa shape index (κ3) is 6.10. The smallest absolute Gasteiger partial charge is 0.269 e. The Morgan fingerprint density at radius 3 is 2.58 bits per heavy atom. The fraction of sp³-hybridized carbons (Fsp3) is 0.259. The molecule has 3 aromatic rings. The van der Waals surface area contributed by atoms with E-state index < -0.39 is 12.1 Å². The van der Waals surface area contributed by atoms with Crippen molar-refractivity contribution in [3.8, 4) is 17.3 Å². The Morgan fingerprint density at radius 1 is 1.08 bits per heavy atom. The second kappa shape index (κ2) is 11.7. The molecule has 0 bridgehead atoms. The number of nitrogens with one attached hydrogen (secondary N) is 2. The van der Waals surface area contributed by atoms with Crippen LogP contribution in [0.5, 0.6) is 0 Å². The molecule has 36 heavy (non-hydrogen) atoms. The highest BCUT2D eigenvalue weighted by molar-refractivity contribution is 5.92. The lowest BCUT2D eigenvalue weighted by atomic mass is 10.0. The summed E-state index contributed by atoms with van der Waals surface area (Å²) < 4.78 is 0. The Balaban J connectivity index is 1.24. The number of benzene rings is 2. The number of nitriles is 1. The lowest BCUT2D eigenvalue weighted by Gasteiger charge is -2.16. The van der Waals surface area contributed by atoms with Crippen LogP contribution in [0.3, 0.4) is 0 Å². The summed E-state index contributed by atoms with van der Waals surface area (Å²) >= 11 is 0. The summed E-state index contributed by atoms with van der Waals surface area (Å²) in [7, 11) is 0. The van der Waals surface area contributed by atoms with Gasteiger partial charge in [-0.15, -0.1) is 0 Å². The van der Waals surface area contributed by atoms with Gasteiger partial charge in [-0.1, -0.05) is 72.8 Å². The molecule has 0 saturated heterocycles. The maximum atomic E-state index is 12.7. The van der Waals surface area contributed by atoms with Gasteiger partial charge in [-0.3, -0.25) is 14.6 Å². The topological polar surface area (TPSA) is 123 Å². The van der Waals surface area contributed by atoms with Crippen LogP contribution in [0.25, 0.3) is 11.3 Å². The van der Waals surface area contributed by atoms with E-state index in [4.69, 9.17) is 0 Å². The quantitative estimate of drug-likeness (QED) is 0.484. The maximum absolute atomic E-state index is 12.7. The van der Waals surface area contributed by atoms with Crippen LogP contribution in [0.4, 0.5) is 0 Å². The van der Waals surface area contributed by atoms with Gasteiger partial charge in [0.05, 0.1) is 24.9 Å². The van der Waals surface area contributed by atoms with Gasteiger partial charge in [-0.25, -0.2) is 4.98 Å². The zero-order valence-electron chi connectivity index (χ0n) is 20.0. The predicted molar refractivity (Wildman–Crippen MR) is 135 cm³/mol. The van der Waals surface area contributed by atoms with Gasteiger partial charge in [0.2, 0.25) is 5.91 Å². The zero-order valence-corrected chi connectivity index (χ0v) is 20.0. The average molecular weight is 482 g/mol. The number of rotatable bonds is 9. The number of aryl methyl sites for hydroxylation is 1. The Labute approximate surface area is 209 Å². The van der Waals surface area contributed by atoms with Gasteiger partial charge < -0.3 is 10.6 Å². The van der Waals surface area contributed by atoms with Crippen molar-refractivity contribution in [3.05, 3.63) is 89.6 Å². The highest BCUT2D eigenvalue weighted by Gasteiger charge is 2.28. The molecular weight excluding hydrogens is 454 g/mol. The van der Waals surface area contributed by atoms with E-state index in [9.17, 15) is 14.9 Å². The van der Waals surface area contributed by atoms with Gasteiger partial charge in [-0.05, 0) is 29.7 Å². The lowest BCUT2D eigenvalue weighted by molar-refractivity contribution is -0.122.